The smallest absolute Gasteiger partial charge is 0.331 e. The van der Waals surface area contributed by atoms with E-state index in [1.807, 2.05) is 13.0 Å². The first-order valence-corrected chi connectivity index (χ1v) is 12.1. The number of unbranched alkanes of at least 4 members (excludes halogenated alkanes) is 17. The highest BCUT2D eigenvalue weighted by molar-refractivity contribution is 5.86. The van der Waals surface area contributed by atoms with Crippen LogP contribution in [0, 0.1) is 0 Å². The van der Waals surface area contributed by atoms with E-state index in [1.165, 1.54) is 109 Å². The lowest BCUT2D eigenvalue weighted by Gasteiger charge is -2.04. The summed E-state index contributed by atoms with van der Waals surface area (Å²) in [6, 6.07) is 0. The maximum absolute atomic E-state index is 11.0. The summed E-state index contributed by atoms with van der Waals surface area (Å²) in [5.41, 5.74) is 0.606. The van der Waals surface area contributed by atoms with Crippen LogP contribution < -0.4 is 0 Å². The van der Waals surface area contributed by atoms with Gasteiger partial charge in [-0.15, -0.1) is 0 Å². The van der Waals surface area contributed by atoms with Crippen molar-refractivity contribution < 1.29 is 9.90 Å². The van der Waals surface area contributed by atoms with E-state index in [0.29, 0.717) is 5.57 Å². The van der Waals surface area contributed by atoms with Gasteiger partial charge in [0.1, 0.15) is 0 Å². The normalized spacial score (nSPS) is 11.9. The van der Waals surface area contributed by atoms with Gasteiger partial charge in [-0.05, 0) is 19.3 Å². The highest BCUT2D eigenvalue weighted by Crippen LogP contribution is 2.15. The van der Waals surface area contributed by atoms with Gasteiger partial charge in [-0.2, -0.15) is 0 Å². The molecule has 160 valence electrons. The maximum atomic E-state index is 11.0. The fourth-order valence-corrected chi connectivity index (χ4v) is 3.76. The van der Waals surface area contributed by atoms with Crippen LogP contribution in [0.25, 0.3) is 0 Å². The Labute approximate surface area is 170 Å². The first-order valence-electron chi connectivity index (χ1n) is 12.1. The summed E-state index contributed by atoms with van der Waals surface area (Å²) in [6.45, 7) is 4.28. The van der Waals surface area contributed by atoms with E-state index in [2.05, 4.69) is 6.92 Å². The molecule has 0 spiro atoms. The molecule has 0 radical (unpaired) electrons. The molecule has 1 N–H and O–H groups in total. The number of aliphatic carboxylic acids is 1. The second-order valence-electron chi connectivity index (χ2n) is 8.20. The van der Waals surface area contributed by atoms with Crippen LogP contribution in [0.5, 0.6) is 0 Å². The van der Waals surface area contributed by atoms with Gasteiger partial charge in [0, 0.05) is 5.57 Å². The zero-order chi connectivity index (χ0) is 20.0. The summed E-state index contributed by atoms with van der Waals surface area (Å²) in [5.74, 6) is -0.733. The SMILES string of the molecule is CCC=C(CCCCCCCCCCCCCCCCCCCC)C(=O)O. The second-order valence-corrected chi connectivity index (χ2v) is 8.20. The van der Waals surface area contributed by atoms with Crippen LogP contribution >= 0.6 is 0 Å². The van der Waals surface area contributed by atoms with Gasteiger partial charge >= 0.3 is 5.97 Å². The number of hydrogen-bond donors (Lipinski definition) is 1. The summed E-state index contributed by atoms with van der Waals surface area (Å²) in [6.07, 6.45) is 28.1. The highest BCUT2D eigenvalue weighted by atomic mass is 16.4. The summed E-state index contributed by atoms with van der Waals surface area (Å²) in [5, 5.41) is 9.08. The lowest BCUT2D eigenvalue weighted by atomic mass is 10.0. The fraction of sp³-hybridized carbons (Fsp3) is 0.880. The summed E-state index contributed by atoms with van der Waals surface area (Å²) in [4.78, 5) is 11.0. The molecule has 0 heterocycles. The van der Waals surface area contributed by atoms with Gasteiger partial charge in [0.2, 0.25) is 0 Å². The molecule has 0 aliphatic carbocycles. The van der Waals surface area contributed by atoms with E-state index >= 15 is 0 Å². The monoisotopic (exact) mass is 380 g/mol. The molecule has 2 heteroatoms. The molecular weight excluding hydrogens is 332 g/mol. The van der Waals surface area contributed by atoms with E-state index in [-0.39, 0.29) is 0 Å². The van der Waals surface area contributed by atoms with Crippen LogP contribution in [0.4, 0.5) is 0 Å². The maximum Gasteiger partial charge on any atom is 0.331 e. The van der Waals surface area contributed by atoms with Gasteiger partial charge in [-0.3, -0.25) is 0 Å². The Morgan fingerprint density at radius 1 is 0.593 bits per heavy atom. The standard InChI is InChI=1S/C25H48O2/c1-3-5-6-7-8-9-10-11-12-13-14-15-16-17-18-19-20-21-23-24(22-4-2)25(26)27/h22H,3-21,23H2,1-2H3,(H,26,27). The number of carboxylic acid groups (broad SMARTS) is 1. The van der Waals surface area contributed by atoms with Crippen molar-refractivity contribution in [2.45, 2.75) is 142 Å². The molecule has 0 bridgehead atoms. The van der Waals surface area contributed by atoms with E-state index < -0.39 is 5.97 Å². The Kier molecular flexibility index (Phi) is 20.9. The zero-order valence-corrected chi connectivity index (χ0v) is 18.6. The Bertz CT molecular complexity index is 346. The van der Waals surface area contributed by atoms with Gasteiger partial charge in [-0.25, -0.2) is 4.79 Å². The number of carboxylic acids is 1. The Balaban J connectivity index is 3.19. The molecule has 0 aliphatic rings. The molecule has 0 amide bonds. The van der Waals surface area contributed by atoms with Crippen LogP contribution in [-0.4, -0.2) is 11.1 Å². The molecule has 0 fully saturated rings. The van der Waals surface area contributed by atoms with Crippen molar-refractivity contribution in [2.75, 3.05) is 0 Å². The van der Waals surface area contributed by atoms with Gasteiger partial charge in [0.15, 0.2) is 0 Å². The Hall–Kier alpha value is -0.790. The molecule has 2 nitrogen and oxygen atoms in total. The third-order valence-electron chi connectivity index (χ3n) is 5.52. The largest absolute Gasteiger partial charge is 0.478 e. The molecule has 0 aromatic rings. The molecule has 0 atom stereocenters. The van der Waals surface area contributed by atoms with Crippen molar-refractivity contribution in [3.63, 3.8) is 0 Å². The Morgan fingerprint density at radius 2 is 0.926 bits per heavy atom. The molecule has 0 rings (SSSR count). The van der Waals surface area contributed by atoms with Crippen molar-refractivity contribution in [1.82, 2.24) is 0 Å². The number of rotatable bonds is 21. The Morgan fingerprint density at radius 3 is 1.22 bits per heavy atom. The third kappa shape index (κ3) is 19.8. The van der Waals surface area contributed by atoms with E-state index in [1.54, 1.807) is 0 Å². The van der Waals surface area contributed by atoms with Crippen molar-refractivity contribution in [2.24, 2.45) is 0 Å². The van der Waals surface area contributed by atoms with Gasteiger partial charge in [-0.1, -0.05) is 129 Å². The molecule has 0 aliphatic heterocycles. The van der Waals surface area contributed by atoms with Crippen molar-refractivity contribution >= 4 is 5.97 Å². The minimum Gasteiger partial charge on any atom is -0.478 e. The van der Waals surface area contributed by atoms with Crippen LogP contribution in [-0.2, 0) is 4.79 Å². The predicted molar refractivity (Wildman–Crippen MR) is 119 cm³/mol. The van der Waals surface area contributed by atoms with Crippen LogP contribution in [0.1, 0.15) is 142 Å². The lowest BCUT2D eigenvalue weighted by Crippen LogP contribution is -2.00. The average molecular weight is 381 g/mol. The van der Waals surface area contributed by atoms with Crippen molar-refractivity contribution in [1.29, 1.82) is 0 Å². The molecule has 0 saturated heterocycles. The number of carbonyl (C=O) groups is 1. The number of allylic oxidation sites excluding steroid dienone is 1. The number of hydrogen-bond acceptors (Lipinski definition) is 1. The van der Waals surface area contributed by atoms with E-state index in [0.717, 1.165) is 19.3 Å². The second kappa shape index (κ2) is 21.5. The minimum absolute atomic E-state index is 0.606. The first-order chi connectivity index (χ1) is 13.2. The molecular formula is C25H48O2. The topological polar surface area (TPSA) is 37.3 Å². The van der Waals surface area contributed by atoms with Crippen LogP contribution in [0.15, 0.2) is 11.6 Å². The van der Waals surface area contributed by atoms with Gasteiger partial charge in [0.05, 0.1) is 0 Å². The fourth-order valence-electron chi connectivity index (χ4n) is 3.76. The van der Waals surface area contributed by atoms with E-state index in [4.69, 9.17) is 5.11 Å². The van der Waals surface area contributed by atoms with Crippen LogP contribution in [0.3, 0.4) is 0 Å². The average Bonchev–Trinajstić information content (AvgIpc) is 2.66. The lowest BCUT2D eigenvalue weighted by molar-refractivity contribution is -0.132. The summed E-state index contributed by atoms with van der Waals surface area (Å²) < 4.78 is 0. The molecule has 27 heavy (non-hydrogen) atoms. The van der Waals surface area contributed by atoms with E-state index in [9.17, 15) is 4.79 Å². The summed E-state index contributed by atoms with van der Waals surface area (Å²) >= 11 is 0. The predicted octanol–water partition coefficient (Wildman–Crippen LogP) is 8.84. The summed E-state index contributed by atoms with van der Waals surface area (Å²) in [7, 11) is 0. The zero-order valence-electron chi connectivity index (χ0n) is 18.6. The first kappa shape index (κ1) is 26.2. The quantitative estimate of drug-likeness (QED) is 0.159. The molecule has 0 saturated carbocycles. The highest BCUT2D eigenvalue weighted by Gasteiger charge is 2.05. The molecule has 0 aromatic heterocycles. The van der Waals surface area contributed by atoms with Gasteiger partial charge < -0.3 is 5.11 Å². The van der Waals surface area contributed by atoms with Crippen molar-refractivity contribution in [3.05, 3.63) is 11.6 Å². The van der Waals surface area contributed by atoms with Crippen molar-refractivity contribution in [3.8, 4) is 0 Å². The van der Waals surface area contributed by atoms with Gasteiger partial charge in [0.25, 0.3) is 0 Å². The van der Waals surface area contributed by atoms with Crippen LogP contribution in [0.2, 0.25) is 0 Å². The molecule has 0 unspecified atom stereocenters. The molecule has 0 aromatic carbocycles. The minimum atomic E-state index is -0.733. The third-order valence-corrected chi connectivity index (χ3v) is 5.52.